The van der Waals surface area contributed by atoms with Gasteiger partial charge in [-0.2, -0.15) is 18.2 Å². The lowest BCUT2D eigenvalue weighted by Gasteiger charge is -2.16. The van der Waals surface area contributed by atoms with Gasteiger partial charge in [0.25, 0.3) is 0 Å². The van der Waals surface area contributed by atoms with E-state index in [0.717, 1.165) is 43.1 Å². The Balaban J connectivity index is 1.50. The predicted molar refractivity (Wildman–Crippen MR) is 136 cm³/mol. The Morgan fingerprint density at radius 2 is 1.69 bits per heavy atom. The maximum atomic E-state index is 13.7. The van der Waals surface area contributed by atoms with E-state index in [1.165, 1.54) is 37.7 Å². The number of anilines is 4. The summed E-state index contributed by atoms with van der Waals surface area (Å²) in [6.07, 6.45) is 6.74. The number of halogens is 3. The Labute approximate surface area is 205 Å². The van der Waals surface area contributed by atoms with Gasteiger partial charge in [-0.15, -0.1) is 0 Å². The molecule has 1 aliphatic rings. The average Bonchev–Trinajstić information content (AvgIpc) is 3.38. The van der Waals surface area contributed by atoms with Crippen LogP contribution in [0.15, 0.2) is 54.7 Å². The predicted octanol–water partition coefficient (Wildman–Crippen LogP) is 8.76. The summed E-state index contributed by atoms with van der Waals surface area (Å²) in [6, 6.07) is 15.5. The van der Waals surface area contributed by atoms with Crippen LogP contribution in [0, 0.1) is 0 Å². The van der Waals surface area contributed by atoms with Gasteiger partial charge in [0.1, 0.15) is 11.4 Å². The van der Waals surface area contributed by atoms with Crippen LogP contribution < -0.4 is 10.6 Å². The van der Waals surface area contributed by atoms with Crippen LogP contribution in [0.4, 0.5) is 36.3 Å². The smallest absolute Gasteiger partial charge is 0.340 e. The Hall–Kier alpha value is -3.09. The normalized spacial score (nSPS) is 14.3. The number of benzene rings is 2. The zero-order valence-electron chi connectivity index (χ0n) is 20.2. The van der Waals surface area contributed by atoms with Gasteiger partial charge in [0, 0.05) is 17.6 Å². The first-order valence-electron chi connectivity index (χ1n) is 12.6. The Morgan fingerprint density at radius 3 is 2.40 bits per heavy atom. The highest BCUT2D eigenvalue weighted by Gasteiger charge is 2.35. The number of aromatic nitrogens is 2. The van der Waals surface area contributed by atoms with Gasteiger partial charge in [-0.05, 0) is 67.0 Å². The molecular weight excluding hydrogens is 449 g/mol. The van der Waals surface area contributed by atoms with E-state index in [0.29, 0.717) is 11.6 Å². The highest BCUT2D eigenvalue weighted by Crippen LogP contribution is 2.37. The second-order valence-electron chi connectivity index (χ2n) is 9.32. The Kier molecular flexibility index (Phi) is 8.26. The molecule has 0 bridgehead atoms. The standard InChI is InChI=1S/C28H33F3N4/c1-2-3-4-5-9-20-14-16-23(17-15-20)34-27-32-19-25(28(29,30)31)26(35-27)33-24-13-8-12-22(18-24)21-10-6-7-11-21/h8,12-19,21H,2-7,9-11H2,1H3,(H2,32,33,34,35). The number of alkyl halides is 3. The molecule has 2 aromatic carbocycles. The molecule has 35 heavy (non-hydrogen) atoms. The minimum absolute atomic E-state index is 0.114. The first-order chi connectivity index (χ1) is 16.9. The maximum absolute atomic E-state index is 13.7. The van der Waals surface area contributed by atoms with Crippen molar-refractivity contribution in [1.29, 1.82) is 0 Å². The van der Waals surface area contributed by atoms with Gasteiger partial charge in [-0.1, -0.05) is 63.3 Å². The van der Waals surface area contributed by atoms with Crippen molar-refractivity contribution in [2.45, 2.75) is 76.8 Å². The van der Waals surface area contributed by atoms with Gasteiger partial charge in [0.15, 0.2) is 0 Å². The summed E-state index contributed by atoms with van der Waals surface area (Å²) < 4.78 is 41.1. The second kappa shape index (κ2) is 11.6. The van der Waals surface area contributed by atoms with Crippen molar-refractivity contribution in [2.24, 2.45) is 0 Å². The highest BCUT2D eigenvalue weighted by atomic mass is 19.4. The molecule has 0 aliphatic heterocycles. The Bertz CT molecular complexity index is 1090. The van der Waals surface area contributed by atoms with Crippen LogP contribution in [0.1, 0.15) is 80.9 Å². The average molecular weight is 483 g/mol. The lowest BCUT2D eigenvalue weighted by atomic mass is 9.97. The topological polar surface area (TPSA) is 49.8 Å². The summed E-state index contributed by atoms with van der Waals surface area (Å²) in [5, 5.41) is 5.94. The van der Waals surface area contributed by atoms with E-state index in [4.69, 9.17) is 0 Å². The molecule has 1 aromatic heterocycles. The van der Waals surface area contributed by atoms with Gasteiger partial charge >= 0.3 is 6.18 Å². The molecule has 1 saturated carbocycles. The number of nitrogens with one attached hydrogen (secondary N) is 2. The first-order valence-corrected chi connectivity index (χ1v) is 12.6. The third-order valence-corrected chi connectivity index (χ3v) is 6.60. The SMILES string of the molecule is CCCCCCc1ccc(Nc2ncc(C(F)(F)F)c(Nc3cccc(C4CCCC4)c3)n2)cc1. The molecule has 2 N–H and O–H groups in total. The molecular formula is C28H33F3N4. The third-order valence-electron chi connectivity index (χ3n) is 6.60. The lowest BCUT2D eigenvalue weighted by Crippen LogP contribution is -2.12. The zero-order chi connectivity index (χ0) is 24.7. The molecule has 3 aromatic rings. The van der Waals surface area contributed by atoms with Crippen molar-refractivity contribution in [2.75, 3.05) is 10.6 Å². The fourth-order valence-corrected chi connectivity index (χ4v) is 4.65. The molecule has 0 atom stereocenters. The van der Waals surface area contributed by atoms with E-state index < -0.39 is 11.7 Å². The summed E-state index contributed by atoms with van der Waals surface area (Å²) >= 11 is 0. The molecule has 1 aliphatic carbocycles. The number of hydrogen-bond donors (Lipinski definition) is 2. The minimum Gasteiger partial charge on any atom is -0.340 e. The maximum Gasteiger partial charge on any atom is 0.421 e. The number of hydrogen-bond acceptors (Lipinski definition) is 4. The van der Waals surface area contributed by atoms with Crippen LogP contribution in [-0.2, 0) is 12.6 Å². The monoisotopic (exact) mass is 482 g/mol. The molecule has 0 radical (unpaired) electrons. The number of aryl methyl sites for hydroxylation is 1. The highest BCUT2D eigenvalue weighted by molar-refractivity contribution is 5.63. The summed E-state index contributed by atoms with van der Waals surface area (Å²) in [4.78, 5) is 8.13. The van der Waals surface area contributed by atoms with E-state index in [1.54, 1.807) is 6.07 Å². The molecule has 0 unspecified atom stereocenters. The van der Waals surface area contributed by atoms with E-state index in [1.807, 2.05) is 42.5 Å². The summed E-state index contributed by atoms with van der Waals surface area (Å²) in [6.45, 7) is 2.19. The van der Waals surface area contributed by atoms with Crippen molar-refractivity contribution in [3.63, 3.8) is 0 Å². The number of nitrogens with zero attached hydrogens (tertiary/aromatic N) is 2. The molecule has 4 nitrogen and oxygen atoms in total. The lowest BCUT2D eigenvalue weighted by molar-refractivity contribution is -0.137. The van der Waals surface area contributed by atoms with E-state index in [2.05, 4.69) is 27.5 Å². The molecule has 0 saturated heterocycles. The summed E-state index contributed by atoms with van der Waals surface area (Å²) in [5.41, 5.74) is 2.83. The van der Waals surface area contributed by atoms with Gasteiger partial charge < -0.3 is 10.6 Å². The van der Waals surface area contributed by atoms with Gasteiger partial charge in [0.05, 0.1) is 0 Å². The van der Waals surface area contributed by atoms with Crippen LogP contribution in [0.2, 0.25) is 0 Å². The quantitative estimate of drug-likeness (QED) is 0.284. The molecule has 1 heterocycles. The molecule has 1 fully saturated rings. The number of unbranched alkanes of at least 4 members (excludes halogenated alkanes) is 3. The zero-order valence-corrected chi connectivity index (χ0v) is 20.2. The van der Waals surface area contributed by atoms with Crippen molar-refractivity contribution in [3.8, 4) is 0 Å². The molecule has 0 spiro atoms. The van der Waals surface area contributed by atoms with E-state index in [9.17, 15) is 13.2 Å². The van der Waals surface area contributed by atoms with Crippen molar-refractivity contribution >= 4 is 23.1 Å². The van der Waals surface area contributed by atoms with Crippen molar-refractivity contribution < 1.29 is 13.2 Å². The Morgan fingerprint density at radius 1 is 0.914 bits per heavy atom. The molecule has 4 rings (SSSR count). The van der Waals surface area contributed by atoms with Gasteiger partial charge in [-0.3, -0.25) is 0 Å². The third kappa shape index (κ3) is 6.96. The van der Waals surface area contributed by atoms with Crippen LogP contribution in [0.5, 0.6) is 0 Å². The van der Waals surface area contributed by atoms with Crippen LogP contribution in [0.3, 0.4) is 0 Å². The van der Waals surface area contributed by atoms with Gasteiger partial charge in [-0.25, -0.2) is 4.98 Å². The first kappa shape index (κ1) is 25.0. The van der Waals surface area contributed by atoms with Gasteiger partial charge in [0.2, 0.25) is 5.95 Å². The van der Waals surface area contributed by atoms with Crippen LogP contribution in [0.25, 0.3) is 0 Å². The molecule has 7 heteroatoms. The van der Waals surface area contributed by atoms with E-state index >= 15 is 0 Å². The molecule has 186 valence electrons. The van der Waals surface area contributed by atoms with Crippen LogP contribution >= 0.6 is 0 Å². The largest absolute Gasteiger partial charge is 0.421 e. The molecule has 0 amide bonds. The second-order valence-corrected chi connectivity index (χ2v) is 9.32. The van der Waals surface area contributed by atoms with Crippen molar-refractivity contribution in [1.82, 2.24) is 9.97 Å². The van der Waals surface area contributed by atoms with E-state index in [-0.39, 0.29) is 11.8 Å². The fraction of sp³-hybridized carbons (Fsp3) is 0.429. The fourth-order valence-electron chi connectivity index (χ4n) is 4.65. The van der Waals surface area contributed by atoms with Crippen LogP contribution in [-0.4, -0.2) is 9.97 Å². The summed E-state index contributed by atoms with van der Waals surface area (Å²) in [7, 11) is 0. The van der Waals surface area contributed by atoms with Crippen molar-refractivity contribution in [3.05, 3.63) is 71.4 Å². The minimum atomic E-state index is -4.57. The number of rotatable bonds is 10. The summed E-state index contributed by atoms with van der Waals surface area (Å²) in [5.74, 6) is 0.324.